The first-order chi connectivity index (χ1) is 15.0. The van der Waals surface area contributed by atoms with Crippen LogP contribution in [0.1, 0.15) is 69.9 Å². The summed E-state index contributed by atoms with van der Waals surface area (Å²) in [4.78, 5) is 19.0. The van der Waals surface area contributed by atoms with E-state index in [-0.39, 0.29) is 36.2 Å². The van der Waals surface area contributed by atoms with Crippen LogP contribution in [0.3, 0.4) is 0 Å². The maximum Gasteiger partial charge on any atom is 0.410 e. The summed E-state index contributed by atoms with van der Waals surface area (Å²) in [5.41, 5.74) is 0.859. The first-order valence-corrected chi connectivity index (χ1v) is 11.2. The molecule has 1 N–H and O–H groups in total. The average molecular weight is 450 g/mol. The maximum atomic E-state index is 13.9. The highest BCUT2D eigenvalue weighted by Gasteiger charge is 2.48. The maximum absolute atomic E-state index is 13.9. The molecule has 1 fully saturated rings. The Hall–Kier alpha value is -2.58. The molecule has 1 amide bonds. The number of nitrogens with one attached hydrogen (secondary N) is 1. The van der Waals surface area contributed by atoms with E-state index >= 15 is 0 Å². The highest BCUT2D eigenvalue weighted by molar-refractivity contribution is 5.79. The van der Waals surface area contributed by atoms with E-state index in [1.807, 2.05) is 26.8 Å². The molecule has 0 radical (unpaired) electrons. The molecule has 174 valence electrons. The fraction of sp³-hybridized carbons (Fsp3) is 0.609. The van der Waals surface area contributed by atoms with Crippen molar-refractivity contribution in [3.63, 3.8) is 0 Å². The van der Waals surface area contributed by atoms with Crippen LogP contribution in [0.5, 0.6) is 0 Å². The van der Waals surface area contributed by atoms with Crippen molar-refractivity contribution in [1.29, 1.82) is 0 Å². The molecular weight excluding hydrogens is 419 g/mol. The van der Waals surface area contributed by atoms with Crippen molar-refractivity contribution in [2.45, 2.75) is 77.2 Å². The molecule has 3 atom stereocenters. The minimum Gasteiger partial charge on any atom is -0.367 e. The zero-order chi connectivity index (χ0) is 23.1. The van der Waals surface area contributed by atoms with Gasteiger partial charge in [-0.2, -0.15) is 18.3 Å². The summed E-state index contributed by atoms with van der Waals surface area (Å²) in [5, 5.41) is 7.67. The molecule has 1 saturated heterocycles. The van der Waals surface area contributed by atoms with Gasteiger partial charge in [0.25, 0.3) is 0 Å². The van der Waals surface area contributed by atoms with Crippen LogP contribution in [0.15, 0.2) is 30.5 Å². The summed E-state index contributed by atoms with van der Waals surface area (Å²) in [6.07, 6.45) is -0.203. The van der Waals surface area contributed by atoms with Crippen molar-refractivity contribution in [2.75, 3.05) is 11.9 Å². The molecule has 0 bridgehead atoms. The third kappa shape index (κ3) is 4.61. The van der Waals surface area contributed by atoms with E-state index in [2.05, 4.69) is 15.4 Å². The number of amides is 1. The molecule has 2 aromatic heterocycles. The highest BCUT2D eigenvalue weighted by Crippen LogP contribution is 2.44. The topological polar surface area (TPSA) is 63.1 Å². The van der Waals surface area contributed by atoms with Gasteiger partial charge in [-0.15, -0.1) is 0 Å². The second-order valence-corrected chi connectivity index (χ2v) is 9.85. The van der Waals surface area contributed by atoms with E-state index < -0.39 is 12.2 Å². The number of hydrogen-bond acceptors (Lipinski definition) is 4. The van der Waals surface area contributed by atoms with Crippen molar-refractivity contribution in [1.82, 2.24) is 19.7 Å². The molecule has 0 saturated carbocycles. The summed E-state index contributed by atoms with van der Waals surface area (Å²) in [6, 6.07) is 4.78. The molecule has 6 nitrogen and oxygen atoms in total. The number of fused-ring (bicyclic) bond motifs is 1. The van der Waals surface area contributed by atoms with Crippen LogP contribution >= 0.6 is 0 Å². The molecule has 2 aliphatic heterocycles. The van der Waals surface area contributed by atoms with Gasteiger partial charge in [-0.3, -0.25) is 9.78 Å². The van der Waals surface area contributed by atoms with Crippen LogP contribution in [-0.2, 0) is 11.2 Å². The summed E-state index contributed by atoms with van der Waals surface area (Å²) in [7, 11) is 0. The Balaban J connectivity index is 1.63. The molecule has 9 heteroatoms. The molecule has 0 spiro atoms. The van der Waals surface area contributed by atoms with Gasteiger partial charge in [-0.1, -0.05) is 26.8 Å². The number of aromatic nitrogens is 3. The van der Waals surface area contributed by atoms with Gasteiger partial charge in [0.15, 0.2) is 6.04 Å². The van der Waals surface area contributed by atoms with Gasteiger partial charge in [0.1, 0.15) is 5.82 Å². The lowest BCUT2D eigenvalue weighted by atomic mass is 9.82. The molecule has 32 heavy (non-hydrogen) atoms. The van der Waals surface area contributed by atoms with Crippen LogP contribution in [-0.4, -0.2) is 44.3 Å². The number of likely N-dealkylation sites (tertiary alicyclic amines) is 1. The smallest absolute Gasteiger partial charge is 0.367 e. The van der Waals surface area contributed by atoms with Gasteiger partial charge < -0.3 is 10.2 Å². The molecule has 2 aliphatic rings. The highest BCUT2D eigenvalue weighted by atomic mass is 19.4. The van der Waals surface area contributed by atoms with Crippen molar-refractivity contribution in [2.24, 2.45) is 5.41 Å². The zero-order valence-electron chi connectivity index (χ0n) is 18.7. The van der Waals surface area contributed by atoms with E-state index in [0.717, 1.165) is 17.5 Å². The fourth-order valence-electron chi connectivity index (χ4n) is 4.62. The summed E-state index contributed by atoms with van der Waals surface area (Å²) in [6.45, 7) is 6.37. The second kappa shape index (κ2) is 8.41. The van der Waals surface area contributed by atoms with Gasteiger partial charge in [-0.05, 0) is 43.2 Å². The molecule has 4 rings (SSSR count). The Kier molecular flexibility index (Phi) is 5.94. The summed E-state index contributed by atoms with van der Waals surface area (Å²) < 4.78 is 42.8. The number of nitrogens with zero attached hydrogens (tertiary/aromatic N) is 4. The van der Waals surface area contributed by atoms with E-state index in [9.17, 15) is 18.0 Å². The number of pyridine rings is 1. The first kappa shape index (κ1) is 22.6. The van der Waals surface area contributed by atoms with Crippen LogP contribution in [0.25, 0.3) is 0 Å². The lowest BCUT2D eigenvalue weighted by molar-refractivity contribution is -0.175. The number of alkyl halides is 3. The average Bonchev–Trinajstić information content (AvgIpc) is 3.16. The number of piperidine rings is 1. The van der Waals surface area contributed by atoms with Gasteiger partial charge >= 0.3 is 6.18 Å². The number of halogens is 3. The number of hydrogen-bond donors (Lipinski definition) is 1. The SMILES string of the molecule is CC(C)(C)[C@@H]1C[C@H](C(F)(F)F)n2nc([C@H]3CCCCN3C(=O)Cc3ccccn3)cc2N1. The van der Waals surface area contributed by atoms with Crippen molar-refractivity contribution in [3.05, 3.63) is 41.9 Å². The number of rotatable bonds is 3. The third-order valence-electron chi connectivity index (χ3n) is 6.48. The van der Waals surface area contributed by atoms with E-state index in [0.29, 0.717) is 30.2 Å². The number of carbonyl (C=O) groups excluding carboxylic acids is 1. The largest absolute Gasteiger partial charge is 0.410 e. The molecular formula is C23H30F3N5O. The van der Waals surface area contributed by atoms with Gasteiger partial charge in [0, 0.05) is 30.5 Å². The Bertz CT molecular complexity index is 951. The van der Waals surface area contributed by atoms with Crippen LogP contribution in [0.2, 0.25) is 0 Å². The second-order valence-electron chi connectivity index (χ2n) is 9.85. The first-order valence-electron chi connectivity index (χ1n) is 11.2. The van der Waals surface area contributed by atoms with Crippen molar-refractivity contribution < 1.29 is 18.0 Å². The molecule has 0 aliphatic carbocycles. The van der Waals surface area contributed by atoms with E-state index in [1.165, 1.54) is 0 Å². The molecule has 2 aromatic rings. The third-order valence-corrected chi connectivity index (χ3v) is 6.48. The van der Waals surface area contributed by atoms with Crippen molar-refractivity contribution in [3.8, 4) is 0 Å². The summed E-state index contributed by atoms with van der Waals surface area (Å²) in [5.74, 6) is 0.295. The van der Waals surface area contributed by atoms with Crippen LogP contribution < -0.4 is 5.32 Å². The molecule has 0 unspecified atom stereocenters. The Labute approximate surface area is 186 Å². The van der Waals surface area contributed by atoms with Gasteiger partial charge in [-0.25, -0.2) is 4.68 Å². The summed E-state index contributed by atoms with van der Waals surface area (Å²) >= 11 is 0. The predicted octanol–water partition coefficient (Wildman–Crippen LogP) is 4.91. The monoisotopic (exact) mass is 449 g/mol. The Morgan fingerprint density at radius 2 is 2.00 bits per heavy atom. The van der Waals surface area contributed by atoms with Crippen molar-refractivity contribution >= 4 is 11.7 Å². The predicted molar refractivity (Wildman–Crippen MR) is 115 cm³/mol. The number of carbonyl (C=O) groups is 1. The number of anilines is 1. The molecule has 0 aromatic carbocycles. The Morgan fingerprint density at radius 1 is 1.22 bits per heavy atom. The minimum atomic E-state index is -4.40. The lowest BCUT2D eigenvalue weighted by Gasteiger charge is -2.39. The Morgan fingerprint density at radius 3 is 2.66 bits per heavy atom. The van der Waals surface area contributed by atoms with Crippen LogP contribution in [0.4, 0.5) is 19.0 Å². The lowest BCUT2D eigenvalue weighted by Crippen LogP contribution is -2.44. The minimum absolute atomic E-state index is 0.0753. The fourth-order valence-corrected chi connectivity index (χ4v) is 4.62. The van der Waals surface area contributed by atoms with E-state index in [4.69, 9.17) is 0 Å². The standard InChI is InChI=1S/C23H30F3N5O/c1-22(2,3)18-14-19(23(24,25)26)31-20(28-18)13-16(29-31)17-9-5-7-11-30(17)21(32)12-15-8-4-6-10-27-15/h4,6,8,10,13,17-19,28H,5,7,9,11-12,14H2,1-3H3/t17-,18+,19-/m1/s1. The van der Waals surface area contributed by atoms with Gasteiger partial charge in [0.2, 0.25) is 5.91 Å². The molecule has 4 heterocycles. The zero-order valence-corrected chi connectivity index (χ0v) is 18.7. The quantitative estimate of drug-likeness (QED) is 0.723. The van der Waals surface area contributed by atoms with Gasteiger partial charge in [0.05, 0.1) is 18.2 Å². The normalized spacial score (nSPS) is 24.1. The van der Waals surface area contributed by atoms with E-state index in [1.54, 1.807) is 29.3 Å². The van der Waals surface area contributed by atoms with Crippen LogP contribution in [0, 0.1) is 5.41 Å².